The van der Waals surface area contributed by atoms with Crippen LogP contribution in [0.4, 0.5) is 0 Å². The smallest absolute Gasteiger partial charge is 0.239 e. The first-order valence-electron chi connectivity index (χ1n) is 9.64. The number of Topliss-reactive ketones (excluding diaryl/α,β-unsaturated/α-hetero) is 1. The van der Waals surface area contributed by atoms with Gasteiger partial charge >= 0.3 is 0 Å². The van der Waals surface area contributed by atoms with Crippen molar-refractivity contribution in [2.75, 3.05) is 39.9 Å². The van der Waals surface area contributed by atoms with E-state index in [0.29, 0.717) is 24.6 Å². The van der Waals surface area contributed by atoms with Crippen LogP contribution >= 0.6 is 0 Å². The third kappa shape index (κ3) is 4.57. The molecular weight excluding hydrogens is 342 g/mol. The summed E-state index contributed by atoms with van der Waals surface area (Å²) in [6.45, 7) is 7.72. The van der Waals surface area contributed by atoms with Crippen LogP contribution in [0.3, 0.4) is 0 Å². The monoisotopic (exact) mass is 371 g/mol. The largest absolute Gasteiger partial charge is 0.380 e. The standard InChI is InChI=1S/C21H29N3O3/c1-4-17-6-5-7-18-19(15(2)25)12-24(21(17)18)13-20(26)22-10-16-11-23(3)8-9-27-14-16/h5-7,12,16H,4,8-11,13-14H2,1-3H3,(H,22,26). The van der Waals surface area contributed by atoms with Crippen LogP contribution in [0.25, 0.3) is 10.9 Å². The molecule has 0 radical (unpaired) electrons. The van der Waals surface area contributed by atoms with Crippen molar-refractivity contribution in [2.45, 2.75) is 26.8 Å². The number of rotatable bonds is 6. The van der Waals surface area contributed by atoms with Crippen molar-refractivity contribution in [3.8, 4) is 0 Å². The highest BCUT2D eigenvalue weighted by Gasteiger charge is 2.19. The SMILES string of the molecule is CCc1cccc2c(C(C)=O)cn(CC(=O)NCC3COCCN(C)C3)c12. The van der Waals surface area contributed by atoms with Gasteiger partial charge in [-0.1, -0.05) is 25.1 Å². The van der Waals surface area contributed by atoms with Crippen LogP contribution in [-0.2, 0) is 22.5 Å². The number of likely N-dealkylation sites (N-methyl/N-ethyl adjacent to an activating group) is 1. The fourth-order valence-corrected chi connectivity index (χ4v) is 3.78. The molecule has 0 bridgehead atoms. The second-order valence-electron chi connectivity index (χ2n) is 7.40. The predicted octanol–water partition coefficient (Wildman–Crippen LogP) is 2.10. The number of nitrogens with zero attached hydrogens (tertiary/aromatic N) is 2. The van der Waals surface area contributed by atoms with Crippen LogP contribution in [-0.4, -0.2) is 61.1 Å². The van der Waals surface area contributed by atoms with Crippen molar-refractivity contribution in [3.63, 3.8) is 0 Å². The number of carbonyl (C=O) groups is 2. The number of hydrogen-bond acceptors (Lipinski definition) is 4. The number of para-hydroxylation sites is 1. The van der Waals surface area contributed by atoms with E-state index < -0.39 is 0 Å². The van der Waals surface area contributed by atoms with Gasteiger partial charge < -0.3 is 19.5 Å². The zero-order valence-corrected chi connectivity index (χ0v) is 16.5. The Labute approximate surface area is 160 Å². The molecule has 1 aliphatic rings. The lowest BCUT2D eigenvalue weighted by molar-refractivity contribution is -0.121. The van der Waals surface area contributed by atoms with Crippen molar-refractivity contribution in [2.24, 2.45) is 5.92 Å². The number of aromatic nitrogens is 1. The van der Waals surface area contributed by atoms with E-state index in [1.54, 1.807) is 6.92 Å². The summed E-state index contributed by atoms with van der Waals surface area (Å²) in [4.78, 5) is 26.8. The van der Waals surface area contributed by atoms with Gasteiger partial charge in [-0.15, -0.1) is 0 Å². The van der Waals surface area contributed by atoms with Crippen LogP contribution < -0.4 is 5.32 Å². The predicted molar refractivity (Wildman–Crippen MR) is 106 cm³/mol. The lowest BCUT2D eigenvalue weighted by Crippen LogP contribution is -2.37. The molecule has 1 unspecified atom stereocenters. The molecule has 146 valence electrons. The average Bonchev–Trinajstić information content (AvgIpc) is 2.88. The summed E-state index contributed by atoms with van der Waals surface area (Å²) in [7, 11) is 2.07. The molecule has 0 saturated carbocycles. The third-order valence-corrected chi connectivity index (χ3v) is 5.18. The van der Waals surface area contributed by atoms with E-state index in [1.807, 2.05) is 22.9 Å². The second-order valence-corrected chi connectivity index (χ2v) is 7.40. The topological polar surface area (TPSA) is 63.6 Å². The first-order chi connectivity index (χ1) is 13.0. The molecule has 3 rings (SSSR count). The minimum Gasteiger partial charge on any atom is -0.380 e. The summed E-state index contributed by atoms with van der Waals surface area (Å²) in [5.41, 5.74) is 2.80. The molecule has 1 aliphatic heterocycles. The Morgan fingerprint density at radius 2 is 2.15 bits per heavy atom. The van der Waals surface area contributed by atoms with Gasteiger partial charge in [0.05, 0.1) is 18.7 Å². The molecule has 6 nitrogen and oxygen atoms in total. The van der Waals surface area contributed by atoms with E-state index in [4.69, 9.17) is 4.74 Å². The number of ketones is 1. The minimum atomic E-state index is -0.0418. The Morgan fingerprint density at radius 1 is 1.33 bits per heavy atom. The van der Waals surface area contributed by atoms with Gasteiger partial charge in [-0.05, 0) is 26.0 Å². The summed E-state index contributed by atoms with van der Waals surface area (Å²) in [6, 6.07) is 5.98. The lowest BCUT2D eigenvalue weighted by Gasteiger charge is -2.19. The van der Waals surface area contributed by atoms with E-state index in [9.17, 15) is 9.59 Å². The zero-order chi connectivity index (χ0) is 19.4. The molecule has 2 heterocycles. The number of carbonyl (C=O) groups excluding carboxylic acids is 2. The first-order valence-corrected chi connectivity index (χ1v) is 9.64. The number of nitrogens with one attached hydrogen (secondary N) is 1. The maximum absolute atomic E-state index is 12.6. The molecule has 1 aromatic carbocycles. The highest BCUT2D eigenvalue weighted by molar-refractivity contribution is 6.07. The molecule has 6 heteroatoms. The molecule has 1 amide bonds. The van der Waals surface area contributed by atoms with Crippen LogP contribution in [0.5, 0.6) is 0 Å². The zero-order valence-electron chi connectivity index (χ0n) is 16.5. The van der Waals surface area contributed by atoms with Gasteiger partial charge in [0.1, 0.15) is 6.54 Å². The number of aryl methyl sites for hydroxylation is 1. The Balaban J connectivity index is 1.73. The Morgan fingerprint density at radius 3 is 2.89 bits per heavy atom. The fourth-order valence-electron chi connectivity index (χ4n) is 3.78. The molecule has 0 spiro atoms. The Bertz CT molecular complexity index is 827. The third-order valence-electron chi connectivity index (χ3n) is 5.18. The molecule has 1 atom stereocenters. The summed E-state index contributed by atoms with van der Waals surface area (Å²) in [5, 5.41) is 3.96. The normalized spacial score (nSPS) is 18.4. The van der Waals surface area contributed by atoms with Crippen LogP contribution in [0.2, 0.25) is 0 Å². The van der Waals surface area contributed by atoms with E-state index in [-0.39, 0.29) is 18.2 Å². The molecule has 1 saturated heterocycles. The van der Waals surface area contributed by atoms with E-state index in [0.717, 1.165) is 42.6 Å². The summed E-state index contributed by atoms with van der Waals surface area (Å²) >= 11 is 0. The van der Waals surface area contributed by atoms with E-state index in [1.165, 1.54) is 0 Å². The number of ether oxygens (including phenoxy) is 1. The molecule has 0 aliphatic carbocycles. The Kier molecular flexibility index (Phi) is 6.29. The number of hydrogen-bond donors (Lipinski definition) is 1. The van der Waals surface area contributed by atoms with Gasteiger partial charge in [0.15, 0.2) is 5.78 Å². The quantitative estimate of drug-likeness (QED) is 0.790. The number of benzene rings is 1. The number of fused-ring (bicyclic) bond motifs is 1. The number of amides is 1. The summed E-state index contributed by atoms with van der Waals surface area (Å²) < 4.78 is 7.52. The van der Waals surface area contributed by atoms with Gasteiger partial charge in [-0.2, -0.15) is 0 Å². The highest BCUT2D eigenvalue weighted by Crippen LogP contribution is 2.25. The van der Waals surface area contributed by atoms with Gasteiger partial charge in [-0.3, -0.25) is 9.59 Å². The molecule has 1 fully saturated rings. The van der Waals surface area contributed by atoms with E-state index in [2.05, 4.69) is 30.3 Å². The first kappa shape index (κ1) is 19.6. The molecule has 27 heavy (non-hydrogen) atoms. The van der Waals surface area contributed by atoms with Gasteiger partial charge in [0.2, 0.25) is 5.91 Å². The van der Waals surface area contributed by atoms with Gasteiger partial charge in [0.25, 0.3) is 0 Å². The maximum atomic E-state index is 12.6. The van der Waals surface area contributed by atoms with Crippen molar-refractivity contribution in [3.05, 3.63) is 35.5 Å². The van der Waals surface area contributed by atoms with Crippen molar-refractivity contribution in [1.29, 1.82) is 0 Å². The van der Waals surface area contributed by atoms with Gasteiger partial charge in [-0.25, -0.2) is 0 Å². The average molecular weight is 371 g/mol. The molecular formula is C21H29N3O3. The van der Waals surface area contributed by atoms with Crippen molar-refractivity contribution in [1.82, 2.24) is 14.8 Å². The van der Waals surface area contributed by atoms with Crippen molar-refractivity contribution >= 4 is 22.6 Å². The fraction of sp³-hybridized carbons (Fsp3) is 0.524. The highest BCUT2D eigenvalue weighted by atomic mass is 16.5. The molecule has 2 aromatic rings. The summed E-state index contributed by atoms with van der Waals surface area (Å²) in [6.07, 6.45) is 2.67. The minimum absolute atomic E-state index is 0.0195. The second kappa shape index (κ2) is 8.67. The maximum Gasteiger partial charge on any atom is 0.239 e. The van der Waals surface area contributed by atoms with Crippen LogP contribution in [0.1, 0.15) is 29.8 Å². The lowest BCUT2D eigenvalue weighted by atomic mass is 10.1. The van der Waals surface area contributed by atoms with E-state index >= 15 is 0 Å². The molecule has 1 N–H and O–H groups in total. The van der Waals surface area contributed by atoms with Gasteiger partial charge in [0, 0.05) is 42.7 Å². The molecule has 1 aromatic heterocycles. The van der Waals surface area contributed by atoms with Crippen LogP contribution in [0.15, 0.2) is 24.4 Å². The summed E-state index contributed by atoms with van der Waals surface area (Å²) in [5.74, 6) is 0.271. The Hall–Kier alpha value is -2.18. The van der Waals surface area contributed by atoms with Crippen LogP contribution in [0, 0.1) is 5.92 Å². The van der Waals surface area contributed by atoms with Crippen molar-refractivity contribution < 1.29 is 14.3 Å².